The number of carbonyl (C=O) groups is 1. The Morgan fingerprint density at radius 3 is 2.47 bits per heavy atom. The van der Waals surface area contributed by atoms with Crippen LogP contribution in [0, 0.1) is 5.41 Å². The molecule has 2 N–H and O–H groups in total. The topological polar surface area (TPSA) is 60.8 Å². The van der Waals surface area contributed by atoms with Gasteiger partial charge in [-0.05, 0) is 19.4 Å². The summed E-state index contributed by atoms with van der Waals surface area (Å²) < 4.78 is 36.4. The number of rotatable bonds is 4. The van der Waals surface area contributed by atoms with Gasteiger partial charge in [-0.1, -0.05) is 6.92 Å². The van der Waals surface area contributed by atoms with Crippen molar-refractivity contribution in [2.75, 3.05) is 19.6 Å². The molecule has 0 radical (unpaired) electrons. The number of nitrogens with zero attached hydrogens (tertiary/aromatic N) is 1. The van der Waals surface area contributed by atoms with Gasteiger partial charge in [0.15, 0.2) is 6.10 Å². The first-order chi connectivity index (χ1) is 7.71. The van der Waals surface area contributed by atoms with Crippen molar-refractivity contribution in [1.29, 1.82) is 0 Å². The van der Waals surface area contributed by atoms with Crippen LogP contribution in [0.4, 0.5) is 13.2 Å². The van der Waals surface area contributed by atoms with Crippen molar-refractivity contribution in [3.05, 3.63) is 0 Å². The van der Waals surface area contributed by atoms with Gasteiger partial charge in [0.25, 0.3) is 0 Å². The molecule has 0 spiro atoms. The highest BCUT2D eigenvalue weighted by Gasteiger charge is 2.46. The van der Waals surface area contributed by atoms with Gasteiger partial charge >= 0.3 is 12.1 Å². The minimum Gasteiger partial charge on any atom is -0.481 e. The molecule has 0 saturated carbocycles. The second kappa shape index (κ2) is 4.81. The zero-order chi connectivity index (χ0) is 13.3. The molecule has 2 unspecified atom stereocenters. The molecule has 0 amide bonds. The second-order valence-corrected chi connectivity index (χ2v) is 4.48. The van der Waals surface area contributed by atoms with Gasteiger partial charge < -0.3 is 10.2 Å². The lowest BCUT2D eigenvalue weighted by Gasteiger charge is -2.25. The summed E-state index contributed by atoms with van der Waals surface area (Å²) >= 11 is 0. The zero-order valence-electron chi connectivity index (χ0n) is 9.50. The molecule has 100 valence electrons. The molecule has 0 bridgehead atoms. The Labute approximate surface area is 97.0 Å². The summed E-state index contributed by atoms with van der Waals surface area (Å²) in [6, 6.07) is 0. The van der Waals surface area contributed by atoms with Crippen molar-refractivity contribution in [1.82, 2.24) is 4.90 Å². The molecule has 7 heteroatoms. The minimum atomic E-state index is -4.65. The molecule has 1 heterocycles. The van der Waals surface area contributed by atoms with E-state index in [4.69, 9.17) is 10.2 Å². The van der Waals surface area contributed by atoms with Gasteiger partial charge in [-0.25, -0.2) is 0 Å². The Hall–Kier alpha value is -0.820. The van der Waals surface area contributed by atoms with Crippen molar-refractivity contribution in [2.45, 2.75) is 32.0 Å². The Balaban J connectivity index is 2.59. The number of halogens is 3. The zero-order valence-corrected chi connectivity index (χ0v) is 9.50. The molecule has 0 aromatic heterocycles. The van der Waals surface area contributed by atoms with Crippen molar-refractivity contribution in [3.63, 3.8) is 0 Å². The van der Waals surface area contributed by atoms with E-state index in [-0.39, 0.29) is 13.1 Å². The molecule has 1 rings (SSSR count). The Kier molecular flexibility index (Phi) is 4.03. The van der Waals surface area contributed by atoms with Gasteiger partial charge in [0.05, 0.1) is 5.41 Å². The maximum Gasteiger partial charge on any atom is 0.415 e. The van der Waals surface area contributed by atoms with Crippen LogP contribution in [0.2, 0.25) is 0 Å². The predicted molar refractivity (Wildman–Crippen MR) is 53.5 cm³/mol. The van der Waals surface area contributed by atoms with Crippen LogP contribution >= 0.6 is 0 Å². The van der Waals surface area contributed by atoms with Crippen LogP contribution < -0.4 is 0 Å². The number of alkyl halides is 3. The number of aliphatic carboxylic acids is 1. The van der Waals surface area contributed by atoms with E-state index in [1.807, 2.05) is 0 Å². The molecule has 0 aromatic carbocycles. The molecule has 1 aliphatic rings. The Bertz CT molecular complexity index is 295. The lowest BCUT2D eigenvalue weighted by atomic mass is 9.84. The Morgan fingerprint density at radius 2 is 2.12 bits per heavy atom. The highest BCUT2D eigenvalue weighted by atomic mass is 19.4. The summed E-state index contributed by atoms with van der Waals surface area (Å²) in [5, 5.41) is 18.0. The average molecular weight is 255 g/mol. The third kappa shape index (κ3) is 3.10. The minimum absolute atomic E-state index is 0.0615. The van der Waals surface area contributed by atoms with E-state index in [9.17, 15) is 18.0 Å². The van der Waals surface area contributed by atoms with E-state index in [1.54, 1.807) is 6.92 Å². The van der Waals surface area contributed by atoms with Crippen LogP contribution in [-0.2, 0) is 4.79 Å². The smallest absolute Gasteiger partial charge is 0.415 e. The summed E-state index contributed by atoms with van der Waals surface area (Å²) in [7, 11) is 0. The van der Waals surface area contributed by atoms with E-state index in [1.165, 1.54) is 4.90 Å². The molecular formula is C10H16F3NO3. The third-order valence-electron chi connectivity index (χ3n) is 3.37. The average Bonchev–Trinajstić information content (AvgIpc) is 2.61. The number of carboxylic acid groups (broad SMARTS) is 1. The molecular weight excluding hydrogens is 239 g/mol. The first kappa shape index (κ1) is 14.2. The first-order valence-corrected chi connectivity index (χ1v) is 5.42. The van der Waals surface area contributed by atoms with Crippen LogP contribution in [-0.4, -0.2) is 53.0 Å². The van der Waals surface area contributed by atoms with Crippen molar-refractivity contribution in [3.8, 4) is 0 Å². The normalized spacial score (nSPS) is 28.3. The SMILES string of the molecule is CCC1(C(=O)O)CCN(CC(O)C(F)(F)F)C1. The molecule has 4 nitrogen and oxygen atoms in total. The van der Waals surface area contributed by atoms with Crippen molar-refractivity contribution >= 4 is 5.97 Å². The number of β-amino-alcohol motifs (C(OH)–C–C–N with tert-alkyl or cyclic N) is 1. The van der Waals surface area contributed by atoms with Crippen LogP contribution in [0.1, 0.15) is 19.8 Å². The molecule has 0 aromatic rings. The van der Waals surface area contributed by atoms with Crippen LogP contribution in [0.3, 0.4) is 0 Å². The fraction of sp³-hybridized carbons (Fsp3) is 0.900. The second-order valence-electron chi connectivity index (χ2n) is 4.48. The summed E-state index contributed by atoms with van der Waals surface area (Å²) in [5.41, 5.74) is -0.967. The van der Waals surface area contributed by atoms with Gasteiger partial charge in [0.2, 0.25) is 0 Å². The van der Waals surface area contributed by atoms with Crippen molar-refractivity contribution in [2.24, 2.45) is 5.41 Å². The fourth-order valence-electron chi connectivity index (χ4n) is 2.08. The summed E-state index contributed by atoms with van der Waals surface area (Å²) in [6.45, 7) is 1.48. The first-order valence-electron chi connectivity index (χ1n) is 5.42. The third-order valence-corrected chi connectivity index (χ3v) is 3.37. The number of aliphatic hydroxyl groups excluding tert-OH is 1. The predicted octanol–water partition coefficient (Wildman–Crippen LogP) is 1.10. The lowest BCUT2D eigenvalue weighted by Crippen LogP contribution is -2.42. The van der Waals surface area contributed by atoms with Gasteiger partial charge in [-0.15, -0.1) is 0 Å². The largest absolute Gasteiger partial charge is 0.481 e. The Morgan fingerprint density at radius 1 is 1.53 bits per heavy atom. The van der Waals surface area contributed by atoms with Gasteiger partial charge in [0, 0.05) is 13.1 Å². The summed E-state index contributed by atoms with van der Waals surface area (Å²) in [5.74, 6) is -0.982. The van der Waals surface area contributed by atoms with E-state index in [0.717, 1.165) is 0 Å². The number of likely N-dealkylation sites (tertiary alicyclic amines) is 1. The highest BCUT2D eigenvalue weighted by Crippen LogP contribution is 2.35. The molecule has 1 aliphatic heterocycles. The number of hydrogen-bond acceptors (Lipinski definition) is 3. The number of carboxylic acids is 1. The quantitative estimate of drug-likeness (QED) is 0.789. The number of aliphatic hydroxyl groups is 1. The maximum atomic E-state index is 12.1. The van der Waals surface area contributed by atoms with E-state index in [0.29, 0.717) is 12.8 Å². The molecule has 1 fully saturated rings. The summed E-state index contributed by atoms with van der Waals surface area (Å²) in [4.78, 5) is 12.4. The van der Waals surface area contributed by atoms with E-state index in [2.05, 4.69) is 0 Å². The highest BCUT2D eigenvalue weighted by molar-refractivity contribution is 5.75. The van der Waals surface area contributed by atoms with Gasteiger partial charge in [-0.3, -0.25) is 9.69 Å². The fourth-order valence-corrected chi connectivity index (χ4v) is 2.08. The lowest BCUT2D eigenvalue weighted by molar-refractivity contribution is -0.207. The van der Waals surface area contributed by atoms with Crippen LogP contribution in [0.15, 0.2) is 0 Å². The van der Waals surface area contributed by atoms with Gasteiger partial charge in [-0.2, -0.15) is 13.2 Å². The molecule has 17 heavy (non-hydrogen) atoms. The summed E-state index contributed by atoms with van der Waals surface area (Å²) in [6.07, 6.45) is -6.37. The van der Waals surface area contributed by atoms with Crippen LogP contribution in [0.25, 0.3) is 0 Å². The number of hydrogen-bond donors (Lipinski definition) is 2. The van der Waals surface area contributed by atoms with Gasteiger partial charge in [0.1, 0.15) is 0 Å². The van der Waals surface area contributed by atoms with Crippen LogP contribution in [0.5, 0.6) is 0 Å². The molecule has 2 atom stereocenters. The van der Waals surface area contributed by atoms with E-state index >= 15 is 0 Å². The van der Waals surface area contributed by atoms with Crippen molar-refractivity contribution < 1.29 is 28.2 Å². The molecule has 1 saturated heterocycles. The standard InChI is InChI=1S/C10H16F3NO3/c1-2-9(8(16)17)3-4-14(6-9)5-7(15)10(11,12)13/h7,15H,2-6H2,1H3,(H,16,17). The monoisotopic (exact) mass is 255 g/mol. The maximum absolute atomic E-state index is 12.1. The van der Waals surface area contributed by atoms with E-state index < -0.39 is 30.2 Å². The molecule has 0 aliphatic carbocycles.